The molecule has 1 aromatic carbocycles. The lowest BCUT2D eigenvalue weighted by molar-refractivity contribution is 0.348. The molecule has 0 bridgehead atoms. The molecular formula is C13H18ClNO2. The molecule has 0 aromatic heterocycles. The smallest absolute Gasteiger partial charge is 0.179 e. The van der Waals surface area contributed by atoms with Crippen molar-refractivity contribution in [3.05, 3.63) is 22.2 Å². The van der Waals surface area contributed by atoms with E-state index in [1.807, 2.05) is 13.0 Å². The zero-order chi connectivity index (χ0) is 12.6. The Morgan fingerprint density at radius 1 is 1.29 bits per heavy atom. The van der Waals surface area contributed by atoms with Gasteiger partial charge in [0.15, 0.2) is 11.5 Å². The maximum absolute atomic E-state index is 6.16. The van der Waals surface area contributed by atoms with Crippen LogP contribution < -0.4 is 15.2 Å². The molecule has 0 saturated heterocycles. The fourth-order valence-electron chi connectivity index (χ4n) is 2.48. The van der Waals surface area contributed by atoms with E-state index >= 15 is 0 Å². The summed E-state index contributed by atoms with van der Waals surface area (Å²) in [5.74, 6) is 1.34. The highest BCUT2D eigenvalue weighted by molar-refractivity contribution is 6.32. The molecule has 0 radical (unpaired) electrons. The third kappa shape index (κ3) is 1.87. The molecule has 1 saturated carbocycles. The summed E-state index contributed by atoms with van der Waals surface area (Å²) < 4.78 is 10.8. The van der Waals surface area contributed by atoms with Crippen molar-refractivity contribution in [1.82, 2.24) is 0 Å². The van der Waals surface area contributed by atoms with Crippen LogP contribution in [-0.4, -0.2) is 20.8 Å². The van der Waals surface area contributed by atoms with E-state index in [4.69, 9.17) is 26.8 Å². The number of hydrogen-bond acceptors (Lipinski definition) is 3. The van der Waals surface area contributed by atoms with Gasteiger partial charge < -0.3 is 15.2 Å². The van der Waals surface area contributed by atoms with Gasteiger partial charge in [0.2, 0.25) is 0 Å². The van der Waals surface area contributed by atoms with Crippen LogP contribution in [0.15, 0.2) is 6.07 Å². The predicted molar refractivity (Wildman–Crippen MR) is 69.3 cm³/mol. The molecule has 0 atom stereocenters. The molecule has 1 aliphatic rings. The molecule has 0 aliphatic heterocycles. The highest BCUT2D eigenvalue weighted by Crippen LogP contribution is 2.55. The van der Waals surface area contributed by atoms with Crippen LogP contribution in [0, 0.1) is 6.92 Å². The predicted octanol–water partition coefficient (Wildman–Crippen LogP) is 2.66. The van der Waals surface area contributed by atoms with Gasteiger partial charge in [-0.05, 0) is 31.4 Å². The quantitative estimate of drug-likeness (QED) is 0.900. The van der Waals surface area contributed by atoms with Crippen molar-refractivity contribution in [2.75, 3.05) is 20.8 Å². The SMILES string of the molecule is COc1c(Cl)cc(C)c(C2(CN)CC2)c1OC. The fraction of sp³-hybridized carbons (Fsp3) is 0.538. The van der Waals surface area contributed by atoms with Crippen LogP contribution in [0.25, 0.3) is 0 Å². The molecule has 3 nitrogen and oxygen atoms in total. The molecular weight excluding hydrogens is 238 g/mol. The first-order valence-electron chi connectivity index (χ1n) is 5.71. The molecule has 2 rings (SSSR count). The lowest BCUT2D eigenvalue weighted by Crippen LogP contribution is -2.22. The van der Waals surface area contributed by atoms with Gasteiger partial charge in [0.1, 0.15) is 0 Å². The summed E-state index contributed by atoms with van der Waals surface area (Å²) in [4.78, 5) is 0. The van der Waals surface area contributed by atoms with Crippen LogP contribution in [-0.2, 0) is 5.41 Å². The molecule has 1 aromatic rings. The fourth-order valence-corrected chi connectivity index (χ4v) is 2.81. The van der Waals surface area contributed by atoms with Crippen molar-refractivity contribution < 1.29 is 9.47 Å². The number of halogens is 1. The Hall–Kier alpha value is -0.930. The van der Waals surface area contributed by atoms with Gasteiger partial charge in [-0.25, -0.2) is 0 Å². The van der Waals surface area contributed by atoms with Gasteiger partial charge in [-0.3, -0.25) is 0 Å². The average Bonchev–Trinajstić information content (AvgIpc) is 3.08. The molecule has 0 spiro atoms. The second-order valence-corrected chi connectivity index (χ2v) is 5.01. The molecule has 1 fully saturated rings. The number of benzene rings is 1. The van der Waals surface area contributed by atoms with Crippen LogP contribution in [0.1, 0.15) is 24.0 Å². The summed E-state index contributed by atoms with van der Waals surface area (Å²) in [6.07, 6.45) is 2.21. The zero-order valence-electron chi connectivity index (χ0n) is 10.5. The second kappa shape index (κ2) is 4.39. The van der Waals surface area contributed by atoms with Gasteiger partial charge >= 0.3 is 0 Å². The maximum atomic E-state index is 6.16. The third-order valence-corrected chi connectivity index (χ3v) is 3.85. The van der Waals surface area contributed by atoms with Gasteiger partial charge in [0.25, 0.3) is 0 Å². The van der Waals surface area contributed by atoms with Crippen LogP contribution in [0.5, 0.6) is 11.5 Å². The number of ether oxygens (including phenoxy) is 2. The summed E-state index contributed by atoms with van der Waals surface area (Å²) >= 11 is 6.16. The van der Waals surface area contributed by atoms with E-state index in [0.717, 1.165) is 29.7 Å². The van der Waals surface area contributed by atoms with Crippen LogP contribution in [0.4, 0.5) is 0 Å². The number of aryl methyl sites for hydroxylation is 1. The Morgan fingerprint density at radius 2 is 1.88 bits per heavy atom. The van der Waals surface area contributed by atoms with E-state index in [2.05, 4.69) is 0 Å². The average molecular weight is 256 g/mol. The Balaban J connectivity index is 2.65. The molecule has 0 unspecified atom stereocenters. The first-order chi connectivity index (χ1) is 8.09. The van der Waals surface area contributed by atoms with E-state index in [1.165, 1.54) is 0 Å². The lowest BCUT2D eigenvalue weighted by Gasteiger charge is -2.22. The standard InChI is InChI=1S/C13H18ClNO2/c1-8-6-9(14)11(16-2)12(17-3)10(8)13(7-15)4-5-13/h6H,4-5,7,15H2,1-3H3. The summed E-state index contributed by atoms with van der Waals surface area (Å²) in [7, 11) is 3.24. The van der Waals surface area contributed by atoms with E-state index in [-0.39, 0.29) is 5.41 Å². The minimum Gasteiger partial charge on any atom is -0.492 e. The highest BCUT2D eigenvalue weighted by Gasteiger charge is 2.46. The third-order valence-electron chi connectivity index (χ3n) is 3.57. The van der Waals surface area contributed by atoms with Gasteiger partial charge in [-0.15, -0.1) is 0 Å². The Labute approximate surface area is 107 Å². The summed E-state index contributed by atoms with van der Waals surface area (Å²) in [5, 5.41) is 0.582. The Kier molecular flexibility index (Phi) is 3.23. The van der Waals surface area contributed by atoms with E-state index in [0.29, 0.717) is 17.3 Å². The molecule has 0 amide bonds. The molecule has 94 valence electrons. The van der Waals surface area contributed by atoms with E-state index in [1.54, 1.807) is 14.2 Å². The van der Waals surface area contributed by atoms with Crippen molar-refractivity contribution in [1.29, 1.82) is 0 Å². The van der Waals surface area contributed by atoms with Crippen LogP contribution in [0.3, 0.4) is 0 Å². The molecule has 4 heteroatoms. The van der Waals surface area contributed by atoms with E-state index < -0.39 is 0 Å². The molecule has 17 heavy (non-hydrogen) atoms. The first-order valence-corrected chi connectivity index (χ1v) is 6.09. The summed E-state index contributed by atoms with van der Waals surface area (Å²) in [6.45, 7) is 2.67. The van der Waals surface area contributed by atoms with Crippen LogP contribution in [0.2, 0.25) is 5.02 Å². The summed E-state index contributed by atoms with van der Waals surface area (Å²) in [6, 6.07) is 1.92. The van der Waals surface area contributed by atoms with Gasteiger partial charge in [-0.1, -0.05) is 11.6 Å². The van der Waals surface area contributed by atoms with E-state index in [9.17, 15) is 0 Å². The minimum absolute atomic E-state index is 0.0628. The Bertz CT molecular complexity index is 442. The number of methoxy groups -OCH3 is 2. The lowest BCUT2D eigenvalue weighted by atomic mass is 9.90. The molecule has 2 N–H and O–H groups in total. The summed E-state index contributed by atoms with van der Waals surface area (Å²) in [5.41, 5.74) is 8.23. The van der Waals surface area contributed by atoms with Gasteiger partial charge in [-0.2, -0.15) is 0 Å². The maximum Gasteiger partial charge on any atom is 0.179 e. The number of rotatable bonds is 4. The van der Waals surface area contributed by atoms with Crippen molar-refractivity contribution in [2.24, 2.45) is 5.73 Å². The largest absolute Gasteiger partial charge is 0.492 e. The minimum atomic E-state index is 0.0628. The monoisotopic (exact) mass is 255 g/mol. The van der Waals surface area contributed by atoms with Gasteiger partial charge in [0, 0.05) is 17.5 Å². The normalized spacial score (nSPS) is 16.8. The van der Waals surface area contributed by atoms with Crippen molar-refractivity contribution >= 4 is 11.6 Å². The highest BCUT2D eigenvalue weighted by atomic mass is 35.5. The Morgan fingerprint density at radius 3 is 2.29 bits per heavy atom. The molecule has 1 aliphatic carbocycles. The molecule has 0 heterocycles. The topological polar surface area (TPSA) is 44.5 Å². The second-order valence-electron chi connectivity index (χ2n) is 4.60. The van der Waals surface area contributed by atoms with Gasteiger partial charge in [0.05, 0.1) is 19.2 Å². The van der Waals surface area contributed by atoms with Crippen LogP contribution >= 0.6 is 11.6 Å². The van der Waals surface area contributed by atoms with Crippen molar-refractivity contribution in [2.45, 2.75) is 25.2 Å². The first kappa shape index (κ1) is 12.5. The van der Waals surface area contributed by atoms with Crippen molar-refractivity contribution in [3.63, 3.8) is 0 Å². The van der Waals surface area contributed by atoms with Crippen molar-refractivity contribution in [3.8, 4) is 11.5 Å². The number of hydrogen-bond donors (Lipinski definition) is 1. The zero-order valence-corrected chi connectivity index (χ0v) is 11.2. The number of nitrogens with two attached hydrogens (primary N) is 1.